The first kappa shape index (κ1) is 12.5. The number of methoxy groups -OCH3 is 3. The highest BCUT2D eigenvalue weighted by Crippen LogP contribution is 2.50. The highest BCUT2D eigenvalue weighted by Gasteiger charge is 2.40. The van der Waals surface area contributed by atoms with Gasteiger partial charge in [0.15, 0.2) is 11.5 Å². The molecule has 0 N–H and O–H groups in total. The number of carboxylic acid groups (broad SMARTS) is 1. The molecule has 18 heavy (non-hydrogen) atoms. The van der Waals surface area contributed by atoms with Crippen molar-refractivity contribution in [1.29, 1.82) is 0 Å². The second-order valence-corrected chi connectivity index (χ2v) is 4.23. The molecule has 0 bridgehead atoms. The van der Waals surface area contributed by atoms with Gasteiger partial charge in [0.2, 0.25) is 5.75 Å². The van der Waals surface area contributed by atoms with E-state index in [9.17, 15) is 9.90 Å². The molecule has 98 valence electrons. The third-order valence-electron chi connectivity index (χ3n) is 3.21. The first-order valence-corrected chi connectivity index (χ1v) is 5.63. The molecule has 0 heterocycles. The van der Waals surface area contributed by atoms with Gasteiger partial charge in [0.25, 0.3) is 0 Å². The highest BCUT2D eigenvalue weighted by atomic mass is 16.5. The van der Waals surface area contributed by atoms with E-state index in [2.05, 4.69) is 0 Å². The van der Waals surface area contributed by atoms with Crippen molar-refractivity contribution in [2.75, 3.05) is 21.3 Å². The van der Waals surface area contributed by atoms with E-state index in [1.807, 2.05) is 0 Å². The number of rotatable bonds is 5. The molecule has 0 saturated heterocycles. The maximum Gasteiger partial charge on any atom is 0.203 e. The van der Waals surface area contributed by atoms with Gasteiger partial charge in [0.05, 0.1) is 21.3 Å². The van der Waals surface area contributed by atoms with Gasteiger partial charge in [-0.3, -0.25) is 0 Å². The summed E-state index contributed by atoms with van der Waals surface area (Å²) in [6.45, 7) is 0. The molecule has 0 radical (unpaired) electrons. The summed E-state index contributed by atoms with van der Waals surface area (Å²) in [6.07, 6.45) is 0.598. The fraction of sp³-hybridized carbons (Fsp3) is 0.462. The molecule has 1 aromatic carbocycles. The van der Waals surface area contributed by atoms with Gasteiger partial charge in [0.1, 0.15) is 0 Å². The molecular weight excluding hydrogens is 236 g/mol. The normalized spacial score (nSPS) is 21.3. The Morgan fingerprint density at radius 1 is 1.17 bits per heavy atom. The lowest BCUT2D eigenvalue weighted by Gasteiger charge is -2.14. The topological polar surface area (TPSA) is 67.8 Å². The minimum Gasteiger partial charge on any atom is -0.550 e. The summed E-state index contributed by atoms with van der Waals surface area (Å²) in [6, 6.07) is 3.57. The fourth-order valence-electron chi connectivity index (χ4n) is 2.14. The Morgan fingerprint density at radius 2 is 1.72 bits per heavy atom. The number of carbonyl (C=O) groups excluding carboxylic acids is 1. The largest absolute Gasteiger partial charge is 0.550 e. The second-order valence-electron chi connectivity index (χ2n) is 4.23. The molecular formula is C13H15O5-. The quantitative estimate of drug-likeness (QED) is 0.765. The predicted octanol–water partition coefficient (Wildman–Crippen LogP) is 0.566. The van der Waals surface area contributed by atoms with Crippen LogP contribution in [0.3, 0.4) is 0 Å². The highest BCUT2D eigenvalue weighted by molar-refractivity contribution is 5.73. The smallest absolute Gasteiger partial charge is 0.203 e. The molecule has 0 aliphatic heterocycles. The van der Waals surface area contributed by atoms with E-state index < -0.39 is 11.9 Å². The molecule has 1 aliphatic carbocycles. The summed E-state index contributed by atoms with van der Waals surface area (Å²) >= 11 is 0. The van der Waals surface area contributed by atoms with Gasteiger partial charge in [-0.15, -0.1) is 0 Å². The Bertz CT molecular complexity index is 443. The van der Waals surface area contributed by atoms with Crippen molar-refractivity contribution in [3.63, 3.8) is 0 Å². The number of hydrogen-bond donors (Lipinski definition) is 0. The zero-order chi connectivity index (χ0) is 13.3. The molecule has 1 fully saturated rings. The molecule has 5 nitrogen and oxygen atoms in total. The lowest BCUT2D eigenvalue weighted by molar-refractivity contribution is -0.308. The van der Waals surface area contributed by atoms with Crippen molar-refractivity contribution >= 4 is 5.97 Å². The van der Waals surface area contributed by atoms with Crippen molar-refractivity contribution in [3.05, 3.63) is 17.7 Å². The van der Waals surface area contributed by atoms with Crippen LogP contribution in [0.25, 0.3) is 0 Å². The predicted molar refractivity (Wildman–Crippen MR) is 62.0 cm³/mol. The van der Waals surface area contributed by atoms with E-state index >= 15 is 0 Å². The zero-order valence-electron chi connectivity index (χ0n) is 10.6. The molecule has 1 saturated carbocycles. The minimum absolute atomic E-state index is 0.0243. The Hall–Kier alpha value is -1.91. The summed E-state index contributed by atoms with van der Waals surface area (Å²) in [7, 11) is 4.59. The first-order chi connectivity index (χ1) is 8.62. The minimum atomic E-state index is -1.01. The van der Waals surface area contributed by atoms with E-state index in [0.717, 1.165) is 5.56 Å². The lowest BCUT2D eigenvalue weighted by atomic mass is 10.1. The molecule has 1 aromatic rings. The van der Waals surface area contributed by atoms with Crippen LogP contribution >= 0.6 is 0 Å². The van der Waals surface area contributed by atoms with E-state index in [-0.39, 0.29) is 5.92 Å². The number of aliphatic carboxylic acids is 1. The van der Waals surface area contributed by atoms with Crippen molar-refractivity contribution in [3.8, 4) is 17.2 Å². The summed E-state index contributed by atoms with van der Waals surface area (Å²) in [5.41, 5.74) is 0.874. The number of ether oxygens (including phenoxy) is 3. The number of carbonyl (C=O) groups is 1. The van der Waals surface area contributed by atoms with Crippen LogP contribution in [0.2, 0.25) is 0 Å². The molecule has 0 spiro atoms. The van der Waals surface area contributed by atoms with Gasteiger partial charge in [-0.25, -0.2) is 0 Å². The third-order valence-corrected chi connectivity index (χ3v) is 3.21. The zero-order valence-corrected chi connectivity index (χ0v) is 10.6. The van der Waals surface area contributed by atoms with Crippen molar-refractivity contribution in [1.82, 2.24) is 0 Å². The molecule has 0 amide bonds. The van der Waals surface area contributed by atoms with Crippen LogP contribution in [-0.2, 0) is 4.79 Å². The molecule has 2 atom stereocenters. The molecule has 2 unspecified atom stereocenters. The van der Waals surface area contributed by atoms with Crippen molar-refractivity contribution in [2.45, 2.75) is 12.3 Å². The third kappa shape index (κ3) is 2.08. The van der Waals surface area contributed by atoms with Crippen LogP contribution in [0.1, 0.15) is 17.9 Å². The van der Waals surface area contributed by atoms with E-state index in [1.165, 1.54) is 21.3 Å². The lowest BCUT2D eigenvalue weighted by Crippen LogP contribution is -2.24. The van der Waals surface area contributed by atoms with Crippen LogP contribution in [0, 0.1) is 5.92 Å². The Morgan fingerprint density at radius 3 is 2.06 bits per heavy atom. The van der Waals surface area contributed by atoms with E-state index in [4.69, 9.17) is 14.2 Å². The van der Waals surface area contributed by atoms with E-state index in [1.54, 1.807) is 12.1 Å². The average Bonchev–Trinajstić information content (AvgIpc) is 3.17. The van der Waals surface area contributed by atoms with Gasteiger partial charge in [-0.05, 0) is 30.0 Å². The van der Waals surface area contributed by atoms with Gasteiger partial charge < -0.3 is 24.1 Å². The Balaban J connectivity index is 2.36. The Kier molecular flexibility index (Phi) is 3.32. The fourth-order valence-corrected chi connectivity index (χ4v) is 2.14. The van der Waals surface area contributed by atoms with Crippen LogP contribution in [0.5, 0.6) is 17.2 Å². The van der Waals surface area contributed by atoms with E-state index in [0.29, 0.717) is 23.7 Å². The van der Waals surface area contributed by atoms with Crippen LogP contribution in [-0.4, -0.2) is 27.3 Å². The SMILES string of the molecule is COc1cc(C2CC2C(=O)[O-])cc(OC)c1OC. The Labute approximate surface area is 105 Å². The standard InChI is InChI=1S/C13H16O5/c1-16-10-4-7(8-6-9(8)13(14)15)5-11(17-2)12(10)18-3/h4-5,8-9H,6H2,1-3H3,(H,14,15)/p-1. The van der Waals surface area contributed by atoms with Crippen LogP contribution in [0.15, 0.2) is 12.1 Å². The van der Waals surface area contributed by atoms with Gasteiger partial charge in [-0.2, -0.15) is 0 Å². The van der Waals surface area contributed by atoms with Crippen LogP contribution in [0.4, 0.5) is 0 Å². The maximum absolute atomic E-state index is 10.8. The van der Waals surface area contributed by atoms with Gasteiger partial charge in [-0.1, -0.05) is 0 Å². The second kappa shape index (κ2) is 4.76. The molecule has 1 aliphatic rings. The summed E-state index contributed by atoms with van der Waals surface area (Å²) in [5.74, 6) is 0.145. The van der Waals surface area contributed by atoms with Crippen molar-refractivity contribution in [2.24, 2.45) is 5.92 Å². The number of benzene rings is 1. The van der Waals surface area contributed by atoms with Gasteiger partial charge >= 0.3 is 0 Å². The average molecular weight is 251 g/mol. The number of carboxylic acids is 1. The monoisotopic (exact) mass is 251 g/mol. The van der Waals surface area contributed by atoms with Gasteiger partial charge in [0, 0.05) is 11.9 Å². The first-order valence-electron chi connectivity index (χ1n) is 5.63. The molecule has 5 heteroatoms. The maximum atomic E-state index is 10.8. The molecule has 0 aromatic heterocycles. The summed E-state index contributed by atoms with van der Waals surface area (Å²) in [4.78, 5) is 10.8. The summed E-state index contributed by atoms with van der Waals surface area (Å²) in [5, 5.41) is 10.8. The van der Waals surface area contributed by atoms with Crippen molar-refractivity contribution < 1.29 is 24.1 Å². The molecule has 2 rings (SSSR count). The van der Waals surface area contributed by atoms with Crippen LogP contribution < -0.4 is 19.3 Å². The number of hydrogen-bond acceptors (Lipinski definition) is 5. The summed E-state index contributed by atoms with van der Waals surface area (Å²) < 4.78 is 15.7.